The molecule has 1 N–H and O–H groups in total. The first-order valence-electron chi connectivity index (χ1n) is 7.57. The number of likely N-dealkylation sites (N-methyl/N-ethyl adjacent to an activating group) is 1. The number of nitrogens with zero attached hydrogens (tertiary/aromatic N) is 2. The van der Waals surface area contributed by atoms with Crippen molar-refractivity contribution in [2.75, 3.05) is 39.3 Å². The molecule has 4 nitrogen and oxygen atoms in total. The molecule has 0 radical (unpaired) electrons. The Morgan fingerprint density at radius 1 is 1.33 bits per heavy atom. The summed E-state index contributed by atoms with van der Waals surface area (Å²) in [5, 5.41) is 3.04. The van der Waals surface area contributed by atoms with Gasteiger partial charge in [-0.1, -0.05) is 18.5 Å². The highest BCUT2D eigenvalue weighted by Gasteiger charge is 2.17. The topological polar surface area (TPSA) is 35.6 Å². The summed E-state index contributed by atoms with van der Waals surface area (Å²) in [6.07, 6.45) is 0.565. The minimum absolute atomic E-state index is 0.0342. The van der Waals surface area contributed by atoms with Crippen molar-refractivity contribution >= 4 is 28.8 Å². The number of halogens is 1. The van der Waals surface area contributed by atoms with Crippen molar-refractivity contribution in [3.63, 3.8) is 0 Å². The molecule has 0 aliphatic carbocycles. The van der Waals surface area contributed by atoms with Crippen LogP contribution in [0.3, 0.4) is 0 Å². The highest BCUT2D eigenvalue weighted by molar-refractivity contribution is 7.16. The largest absolute Gasteiger partial charge is 0.349 e. The lowest BCUT2D eigenvalue weighted by atomic mass is 10.2. The summed E-state index contributed by atoms with van der Waals surface area (Å²) in [7, 11) is 0. The first-order chi connectivity index (χ1) is 10.1. The van der Waals surface area contributed by atoms with E-state index in [-0.39, 0.29) is 11.9 Å². The molecule has 1 atom stereocenters. The molecule has 0 aromatic carbocycles. The smallest absolute Gasteiger partial charge is 0.221 e. The van der Waals surface area contributed by atoms with Gasteiger partial charge in [-0.05, 0) is 25.6 Å². The third-order valence-electron chi connectivity index (χ3n) is 3.97. The van der Waals surface area contributed by atoms with E-state index in [4.69, 9.17) is 11.6 Å². The third-order valence-corrected chi connectivity index (χ3v) is 5.38. The van der Waals surface area contributed by atoms with Crippen LogP contribution in [0, 0.1) is 0 Å². The molecular weight excluding hydrogens is 306 g/mol. The van der Waals surface area contributed by atoms with Gasteiger partial charge in [-0.3, -0.25) is 4.79 Å². The second kappa shape index (κ2) is 8.13. The van der Waals surface area contributed by atoms with E-state index in [2.05, 4.69) is 22.0 Å². The molecule has 2 heterocycles. The van der Waals surface area contributed by atoms with Gasteiger partial charge in [0, 0.05) is 44.0 Å². The molecule has 6 heteroatoms. The highest BCUT2D eigenvalue weighted by atomic mass is 35.5. The molecule has 2 rings (SSSR count). The van der Waals surface area contributed by atoms with E-state index in [1.54, 1.807) is 0 Å². The summed E-state index contributed by atoms with van der Waals surface area (Å²) in [5.41, 5.74) is 0. The molecule has 118 valence electrons. The summed E-state index contributed by atoms with van der Waals surface area (Å²) in [5.74, 6) is 0.116. The average Bonchev–Trinajstić information content (AvgIpc) is 2.92. The zero-order chi connectivity index (χ0) is 15.2. The quantitative estimate of drug-likeness (QED) is 0.871. The van der Waals surface area contributed by atoms with Gasteiger partial charge in [-0.15, -0.1) is 11.3 Å². The molecule has 0 saturated carbocycles. The van der Waals surface area contributed by atoms with Crippen molar-refractivity contribution in [2.24, 2.45) is 0 Å². The van der Waals surface area contributed by atoms with Gasteiger partial charge in [0.2, 0.25) is 5.91 Å². The lowest BCUT2D eigenvalue weighted by Gasteiger charge is -2.33. The molecule has 1 aromatic heterocycles. The maximum Gasteiger partial charge on any atom is 0.221 e. The second-order valence-electron chi connectivity index (χ2n) is 5.46. The maximum atomic E-state index is 12.0. The first kappa shape index (κ1) is 16.7. The van der Waals surface area contributed by atoms with Crippen molar-refractivity contribution < 1.29 is 4.79 Å². The number of carbonyl (C=O) groups is 1. The Labute approximate surface area is 136 Å². The highest BCUT2D eigenvalue weighted by Crippen LogP contribution is 2.26. The van der Waals surface area contributed by atoms with Crippen LogP contribution in [-0.4, -0.2) is 55.0 Å². The Morgan fingerprint density at radius 2 is 2.00 bits per heavy atom. The fraction of sp³-hybridized carbons (Fsp3) is 0.667. The number of nitrogens with one attached hydrogen (secondary N) is 1. The molecule has 1 amide bonds. The van der Waals surface area contributed by atoms with E-state index in [0.717, 1.165) is 48.5 Å². The predicted molar refractivity (Wildman–Crippen MR) is 89.1 cm³/mol. The molecule has 1 fully saturated rings. The molecule has 0 spiro atoms. The number of amides is 1. The Kier molecular flexibility index (Phi) is 6.48. The summed E-state index contributed by atoms with van der Waals surface area (Å²) in [4.78, 5) is 17.9. The normalized spacial score (nSPS) is 18.6. The van der Waals surface area contributed by atoms with Crippen LogP contribution in [0.1, 0.15) is 31.2 Å². The fourth-order valence-electron chi connectivity index (χ4n) is 2.53. The molecule has 1 unspecified atom stereocenters. The zero-order valence-corrected chi connectivity index (χ0v) is 14.3. The number of carbonyl (C=O) groups excluding carboxylic acids is 1. The average molecular weight is 330 g/mol. The van der Waals surface area contributed by atoms with Crippen LogP contribution in [0.2, 0.25) is 4.34 Å². The van der Waals surface area contributed by atoms with Gasteiger partial charge < -0.3 is 15.1 Å². The van der Waals surface area contributed by atoms with E-state index in [1.165, 1.54) is 11.3 Å². The minimum Gasteiger partial charge on any atom is -0.349 e. The second-order valence-corrected chi connectivity index (χ2v) is 7.20. The number of thiophene rings is 1. The van der Waals surface area contributed by atoms with Crippen molar-refractivity contribution in [3.8, 4) is 0 Å². The van der Waals surface area contributed by atoms with Gasteiger partial charge >= 0.3 is 0 Å². The summed E-state index contributed by atoms with van der Waals surface area (Å²) in [6, 6.07) is 3.88. The van der Waals surface area contributed by atoms with Crippen LogP contribution in [0.5, 0.6) is 0 Å². The lowest BCUT2D eigenvalue weighted by Crippen LogP contribution is -2.47. The van der Waals surface area contributed by atoms with Crippen LogP contribution in [-0.2, 0) is 4.79 Å². The van der Waals surface area contributed by atoms with E-state index in [0.29, 0.717) is 6.42 Å². The number of rotatable bonds is 6. The third kappa shape index (κ3) is 5.25. The molecule has 21 heavy (non-hydrogen) atoms. The van der Waals surface area contributed by atoms with Crippen molar-refractivity contribution in [3.05, 3.63) is 21.3 Å². The fourth-order valence-corrected chi connectivity index (χ4v) is 3.60. The Bertz CT molecular complexity index is 458. The summed E-state index contributed by atoms with van der Waals surface area (Å²) in [6.45, 7) is 10.5. The molecular formula is C15H24ClN3OS. The van der Waals surface area contributed by atoms with Crippen LogP contribution < -0.4 is 5.32 Å². The predicted octanol–water partition coefficient (Wildman–Crippen LogP) is 2.61. The van der Waals surface area contributed by atoms with Crippen LogP contribution in [0.4, 0.5) is 0 Å². The zero-order valence-electron chi connectivity index (χ0n) is 12.8. The first-order valence-corrected chi connectivity index (χ1v) is 8.77. The standard InChI is InChI=1S/C15H24ClN3OS/c1-3-18-8-10-19(11-9-18)7-6-15(20)17-12(2)13-4-5-14(16)21-13/h4-5,12H,3,6-11H2,1-2H3,(H,17,20). The lowest BCUT2D eigenvalue weighted by molar-refractivity contribution is -0.122. The molecule has 0 bridgehead atoms. The van der Waals surface area contributed by atoms with E-state index < -0.39 is 0 Å². The van der Waals surface area contributed by atoms with Crippen molar-refractivity contribution in [1.82, 2.24) is 15.1 Å². The monoisotopic (exact) mass is 329 g/mol. The SMILES string of the molecule is CCN1CCN(CCC(=O)NC(C)c2ccc(Cl)s2)CC1. The number of piperazine rings is 1. The maximum absolute atomic E-state index is 12.0. The molecule has 1 aliphatic heterocycles. The number of hydrogen-bond acceptors (Lipinski definition) is 4. The van der Waals surface area contributed by atoms with Gasteiger partial charge in [-0.25, -0.2) is 0 Å². The van der Waals surface area contributed by atoms with Gasteiger partial charge in [0.25, 0.3) is 0 Å². The van der Waals surface area contributed by atoms with Crippen molar-refractivity contribution in [2.45, 2.75) is 26.3 Å². The van der Waals surface area contributed by atoms with Gasteiger partial charge in [-0.2, -0.15) is 0 Å². The summed E-state index contributed by atoms with van der Waals surface area (Å²) >= 11 is 7.44. The van der Waals surface area contributed by atoms with Gasteiger partial charge in [0.05, 0.1) is 10.4 Å². The number of hydrogen-bond donors (Lipinski definition) is 1. The summed E-state index contributed by atoms with van der Waals surface area (Å²) < 4.78 is 0.764. The molecule has 1 aromatic rings. The van der Waals surface area contributed by atoms with Crippen LogP contribution >= 0.6 is 22.9 Å². The minimum atomic E-state index is 0.0342. The van der Waals surface area contributed by atoms with E-state index >= 15 is 0 Å². The Morgan fingerprint density at radius 3 is 2.57 bits per heavy atom. The van der Waals surface area contributed by atoms with Crippen LogP contribution in [0.15, 0.2) is 12.1 Å². The van der Waals surface area contributed by atoms with Crippen molar-refractivity contribution in [1.29, 1.82) is 0 Å². The van der Waals surface area contributed by atoms with E-state index in [1.807, 2.05) is 19.1 Å². The van der Waals surface area contributed by atoms with E-state index in [9.17, 15) is 4.79 Å². The molecule has 1 aliphatic rings. The van der Waals surface area contributed by atoms with Gasteiger partial charge in [0.15, 0.2) is 0 Å². The molecule has 1 saturated heterocycles. The Balaban J connectivity index is 1.68. The van der Waals surface area contributed by atoms with Gasteiger partial charge in [0.1, 0.15) is 0 Å². The Hall–Kier alpha value is -0.620. The van der Waals surface area contributed by atoms with Crippen LogP contribution in [0.25, 0.3) is 0 Å².